The molecule has 0 aliphatic carbocycles. The number of hydrogen-bond acceptors (Lipinski definition) is 4. The van der Waals surface area contributed by atoms with Crippen LogP contribution in [0.1, 0.15) is 0 Å². The first-order valence-corrected chi connectivity index (χ1v) is 12.8. The number of pyridine rings is 1. The predicted octanol–water partition coefficient (Wildman–Crippen LogP) is 4.48. The van der Waals surface area contributed by atoms with Crippen molar-refractivity contribution in [3.8, 4) is 11.5 Å². The van der Waals surface area contributed by atoms with E-state index in [1.165, 1.54) is 0 Å². The highest BCUT2D eigenvalue weighted by Crippen LogP contribution is 2.25. The third kappa shape index (κ3) is 4.17. The average molecular weight is 386 g/mol. The summed E-state index contributed by atoms with van der Waals surface area (Å²) in [4.78, 5) is 13.1. The molecule has 0 saturated carbocycles. The number of hydrogen-bond donors (Lipinski definition) is 0. The van der Waals surface area contributed by atoms with Gasteiger partial charge in [-0.25, -0.2) is 0 Å². The Kier molecular flexibility index (Phi) is 5.58. The standard InChI is InChI=1S/C21H27NO4Si/c1-24-15-6-8-19-17(12-15)21(23)18-13-16(25-2)7-9-20(18)22(19)14-26-10-11-27(3,4)5/h6-9,12-13H,10-11,14H2,1-5H3. The van der Waals surface area contributed by atoms with Crippen molar-refractivity contribution in [2.24, 2.45) is 0 Å². The minimum absolute atomic E-state index is 0.0313. The molecule has 27 heavy (non-hydrogen) atoms. The average Bonchev–Trinajstić information content (AvgIpc) is 2.65. The van der Waals surface area contributed by atoms with Crippen LogP contribution in [0.25, 0.3) is 21.8 Å². The Labute approximate surface area is 160 Å². The number of fused-ring (bicyclic) bond motifs is 2. The van der Waals surface area contributed by atoms with Crippen LogP contribution in [0.4, 0.5) is 0 Å². The van der Waals surface area contributed by atoms with E-state index < -0.39 is 8.07 Å². The van der Waals surface area contributed by atoms with Gasteiger partial charge >= 0.3 is 0 Å². The van der Waals surface area contributed by atoms with Crippen LogP contribution in [0.5, 0.6) is 11.5 Å². The molecule has 0 amide bonds. The molecule has 2 aromatic carbocycles. The number of ether oxygens (including phenoxy) is 3. The highest BCUT2D eigenvalue weighted by molar-refractivity contribution is 6.76. The fourth-order valence-electron chi connectivity index (χ4n) is 3.07. The van der Waals surface area contributed by atoms with Gasteiger partial charge in [0.05, 0.1) is 36.0 Å². The molecule has 3 aromatic rings. The molecular weight excluding hydrogens is 358 g/mol. The first-order chi connectivity index (χ1) is 12.8. The quantitative estimate of drug-likeness (QED) is 0.342. The maximum absolute atomic E-state index is 13.1. The second-order valence-corrected chi connectivity index (χ2v) is 13.5. The molecule has 1 heterocycles. The van der Waals surface area contributed by atoms with Gasteiger partial charge in [0, 0.05) is 14.7 Å². The third-order valence-corrected chi connectivity index (χ3v) is 6.40. The first-order valence-electron chi connectivity index (χ1n) is 9.10. The van der Waals surface area contributed by atoms with Gasteiger partial charge in [0.2, 0.25) is 0 Å². The van der Waals surface area contributed by atoms with E-state index >= 15 is 0 Å². The highest BCUT2D eigenvalue weighted by Gasteiger charge is 2.15. The molecule has 0 atom stereocenters. The number of benzene rings is 2. The SMILES string of the molecule is COc1ccc2c(c1)c(=O)c1cc(OC)ccc1n2COCC[Si](C)(C)C. The summed E-state index contributed by atoms with van der Waals surface area (Å²) in [5.41, 5.74) is 1.65. The molecule has 1 aromatic heterocycles. The Morgan fingerprint density at radius 1 is 0.889 bits per heavy atom. The van der Waals surface area contributed by atoms with Crippen LogP contribution in [0, 0.1) is 0 Å². The summed E-state index contributed by atoms with van der Waals surface area (Å²) in [5, 5.41) is 1.23. The van der Waals surface area contributed by atoms with Crippen LogP contribution >= 0.6 is 0 Å². The summed E-state index contributed by atoms with van der Waals surface area (Å²) in [5.74, 6) is 1.32. The van der Waals surface area contributed by atoms with Crippen LogP contribution in [0.3, 0.4) is 0 Å². The second-order valence-electron chi connectivity index (χ2n) is 7.87. The highest BCUT2D eigenvalue weighted by atomic mass is 28.3. The van der Waals surface area contributed by atoms with Gasteiger partial charge in [0.15, 0.2) is 5.43 Å². The van der Waals surface area contributed by atoms with Gasteiger partial charge in [-0.05, 0) is 42.4 Å². The van der Waals surface area contributed by atoms with E-state index in [9.17, 15) is 4.79 Å². The topological polar surface area (TPSA) is 49.7 Å². The van der Waals surface area contributed by atoms with Crippen LogP contribution in [0.2, 0.25) is 25.7 Å². The third-order valence-electron chi connectivity index (χ3n) is 4.70. The lowest BCUT2D eigenvalue weighted by Gasteiger charge is -2.19. The van der Waals surface area contributed by atoms with Gasteiger partial charge < -0.3 is 18.8 Å². The van der Waals surface area contributed by atoms with Crippen LogP contribution < -0.4 is 14.9 Å². The Hall–Kier alpha value is -2.31. The van der Waals surface area contributed by atoms with Gasteiger partial charge in [0.1, 0.15) is 18.2 Å². The second kappa shape index (κ2) is 7.74. The minimum atomic E-state index is -1.15. The number of nitrogens with zero attached hydrogens (tertiary/aromatic N) is 1. The van der Waals surface area contributed by atoms with Crippen molar-refractivity contribution >= 4 is 29.9 Å². The van der Waals surface area contributed by atoms with Crippen LogP contribution in [-0.4, -0.2) is 33.5 Å². The maximum Gasteiger partial charge on any atom is 0.197 e. The molecule has 0 spiro atoms. The van der Waals surface area contributed by atoms with Crippen molar-refractivity contribution in [3.05, 3.63) is 46.6 Å². The molecule has 3 rings (SSSR count). The Morgan fingerprint density at radius 2 is 1.41 bits per heavy atom. The maximum atomic E-state index is 13.1. The Bertz CT molecular complexity index is 953. The minimum Gasteiger partial charge on any atom is -0.497 e. The zero-order valence-corrected chi connectivity index (χ0v) is 17.7. The summed E-state index contributed by atoms with van der Waals surface area (Å²) >= 11 is 0. The molecule has 0 bridgehead atoms. The molecule has 0 aliphatic heterocycles. The van der Waals surface area contributed by atoms with Crippen molar-refractivity contribution in [3.63, 3.8) is 0 Å². The largest absolute Gasteiger partial charge is 0.497 e. The van der Waals surface area contributed by atoms with Crippen molar-refractivity contribution < 1.29 is 14.2 Å². The van der Waals surface area contributed by atoms with Gasteiger partial charge in [-0.2, -0.15) is 0 Å². The Balaban J connectivity index is 2.12. The summed E-state index contributed by atoms with van der Waals surface area (Å²) in [6, 6.07) is 12.3. The van der Waals surface area contributed by atoms with E-state index in [2.05, 4.69) is 24.2 Å². The summed E-state index contributed by atoms with van der Waals surface area (Å²) in [6.07, 6.45) is 0. The molecule has 0 N–H and O–H groups in total. The summed E-state index contributed by atoms with van der Waals surface area (Å²) in [6.45, 7) is 8.12. The Morgan fingerprint density at radius 3 is 1.85 bits per heavy atom. The van der Waals surface area contributed by atoms with E-state index in [0.29, 0.717) is 29.0 Å². The fourth-order valence-corrected chi connectivity index (χ4v) is 3.82. The zero-order chi connectivity index (χ0) is 19.6. The molecule has 0 fully saturated rings. The molecule has 0 aliphatic rings. The molecule has 0 unspecified atom stereocenters. The summed E-state index contributed by atoms with van der Waals surface area (Å²) in [7, 11) is 2.05. The van der Waals surface area contributed by atoms with Crippen LogP contribution in [0.15, 0.2) is 41.2 Å². The summed E-state index contributed by atoms with van der Waals surface area (Å²) < 4.78 is 18.7. The van der Waals surface area contributed by atoms with Gasteiger partial charge in [-0.1, -0.05) is 19.6 Å². The first kappa shape index (κ1) is 19.4. The van der Waals surface area contributed by atoms with E-state index in [0.717, 1.165) is 23.7 Å². The van der Waals surface area contributed by atoms with Crippen molar-refractivity contribution in [2.75, 3.05) is 20.8 Å². The number of aromatic nitrogens is 1. The number of methoxy groups -OCH3 is 2. The lowest BCUT2D eigenvalue weighted by atomic mass is 10.1. The van der Waals surface area contributed by atoms with E-state index in [4.69, 9.17) is 14.2 Å². The lowest BCUT2D eigenvalue weighted by molar-refractivity contribution is 0.0926. The van der Waals surface area contributed by atoms with Gasteiger partial charge in [-0.15, -0.1) is 0 Å². The lowest BCUT2D eigenvalue weighted by Crippen LogP contribution is -2.22. The molecule has 0 saturated heterocycles. The van der Waals surface area contributed by atoms with Crippen molar-refractivity contribution in [1.82, 2.24) is 4.57 Å². The van der Waals surface area contributed by atoms with Gasteiger partial charge in [0.25, 0.3) is 0 Å². The molecule has 5 nitrogen and oxygen atoms in total. The molecule has 6 heteroatoms. The van der Waals surface area contributed by atoms with Gasteiger partial charge in [-0.3, -0.25) is 4.79 Å². The number of rotatable bonds is 7. The van der Waals surface area contributed by atoms with Crippen LogP contribution in [-0.2, 0) is 11.5 Å². The monoisotopic (exact) mass is 385 g/mol. The van der Waals surface area contributed by atoms with Crippen molar-refractivity contribution in [1.29, 1.82) is 0 Å². The zero-order valence-electron chi connectivity index (χ0n) is 16.7. The van der Waals surface area contributed by atoms with Crippen molar-refractivity contribution in [2.45, 2.75) is 32.4 Å². The normalized spacial score (nSPS) is 11.9. The molecular formula is C21H27NO4Si. The van der Waals surface area contributed by atoms with E-state index in [1.54, 1.807) is 26.4 Å². The fraction of sp³-hybridized carbons (Fsp3) is 0.381. The predicted molar refractivity (Wildman–Crippen MR) is 113 cm³/mol. The van der Waals surface area contributed by atoms with E-state index in [1.807, 2.05) is 24.3 Å². The molecule has 144 valence electrons. The molecule has 0 radical (unpaired) electrons. The van der Waals surface area contributed by atoms with E-state index in [-0.39, 0.29) is 5.43 Å². The smallest absolute Gasteiger partial charge is 0.197 e.